The van der Waals surface area contributed by atoms with Crippen LogP contribution in [0.25, 0.3) is 0 Å². The molecule has 68 valence electrons. The number of hydrogen-bond acceptors (Lipinski definition) is 4. The number of aliphatic carboxylic acids is 1. The van der Waals surface area contributed by atoms with Gasteiger partial charge in [0.15, 0.2) is 0 Å². The minimum absolute atomic E-state index is 0.0630. The molecule has 12 heavy (non-hydrogen) atoms. The maximum atomic E-state index is 10.4. The summed E-state index contributed by atoms with van der Waals surface area (Å²) in [5, 5.41) is 8.51. The molecule has 7 heteroatoms. The van der Waals surface area contributed by atoms with Crippen LogP contribution in [0.1, 0.15) is 0 Å². The van der Waals surface area contributed by atoms with Gasteiger partial charge in [-0.3, -0.25) is 4.79 Å². The zero-order valence-electron chi connectivity index (χ0n) is 5.83. The van der Waals surface area contributed by atoms with E-state index in [-0.39, 0.29) is 12.0 Å². The van der Waals surface area contributed by atoms with Crippen molar-refractivity contribution in [1.82, 2.24) is 9.24 Å². The van der Waals surface area contributed by atoms with Crippen molar-refractivity contribution in [2.45, 2.75) is 5.50 Å². The lowest BCUT2D eigenvalue weighted by Crippen LogP contribution is -2.36. The third-order valence-corrected chi connectivity index (χ3v) is 3.25. The summed E-state index contributed by atoms with van der Waals surface area (Å²) in [6, 6.07) is 0. The number of nitrogens with one attached hydrogen (secondary N) is 1. The Hall–Kier alpha value is 0.0900. The summed E-state index contributed by atoms with van der Waals surface area (Å²) in [5.41, 5.74) is -0.145. The lowest BCUT2D eigenvalue weighted by Gasteiger charge is -2.20. The number of carbonyl (C=O) groups is 1. The van der Waals surface area contributed by atoms with Gasteiger partial charge in [0.1, 0.15) is 12.0 Å². The van der Waals surface area contributed by atoms with Gasteiger partial charge >= 0.3 is 5.97 Å². The average molecular weight is 274 g/mol. The smallest absolute Gasteiger partial charge is 0.323 e. The van der Waals surface area contributed by atoms with Gasteiger partial charge in [0, 0.05) is 22.3 Å². The van der Waals surface area contributed by atoms with Crippen molar-refractivity contribution in [3.05, 3.63) is 10.6 Å². The van der Waals surface area contributed by atoms with Crippen LogP contribution in [0.5, 0.6) is 0 Å². The Morgan fingerprint density at radius 2 is 2.67 bits per heavy atom. The first-order valence-electron chi connectivity index (χ1n) is 3.01. The summed E-state index contributed by atoms with van der Waals surface area (Å²) in [4.78, 5) is 11.9. The maximum absolute atomic E-state index is 10.4. The van der Waals surface area contributed by atoms with Gasteiger partial charge in [-0.2, -0.15) is 0 Å². The first kappa shape index (κ1) is 10.2. The van der Waals surface area contributed by atoms with Crippen molar-refractivity contribution in [2.75, 3.05) is 6.54 Å². The molecule has 1 unspecified atom stereocenters. The molecule has 1 rings (SSSR count). The van der Waals surface area contributed by atoms with Gasteiger partial charge in [0.2, 0.25) is 0 Å². The van der Waals surface area contributed by atoms with Crippen LogP contribution < -0.4 is 4.34 Å². The standard InChI is InChI=1S/C5H6BrClN2O2S/c6-8-5-9(2-4(10)11)1-3(7)12-5/h1,5,8H,2H2,(H,10,11). The maximum Gasteiger partial charge on any atom is 0.323 e. The SMILES string of the molecule is O=C(O)CN1C=C(Cl)SC1NBr. The zero-order valence-corrected chi connectivity index (χ0v) is 8.99. The Labute approximate surface area is 87.3 Å². The second-order valence-corrected chi connectivity index (χ2v) is 4.29. The fourth-order valence-corrected chi connectivity index (χ4v) is 2.42. The third-order valence-electron chi connectivity index (χ3n) is 1.20. The Kier molecular flexibility index (Phi) is 3.70. The second-order valence-electron chi connectivity index (χ2n) is 2.08. The minimum Gasteiger partial charge on any atom is -0.480 e. The van der Waals surface area contributed by atoms with Crippen LogP contribution in [-0.4, -0.2) is 28.0 Å². The molecule has 2 N–H and O–H groups in total. The van der Waals surface area contributed by atoms with E-state index in [0.717, 1.165) is 0 Å². The normalized spacial score (nSPS) is 22.7. The first-order chi connectivity index (χ1) is 5.63. The van der Waals surface area contributed by atoms with Crippen LogP contribution in [0.2, 0.25) is 0 Å². The van der Waals surface area contributed by atoms with Crippen molar-refractivity contribution >= 4 is 45.5 Å². The molecule has 1 aliphatic rings. The van der Waals surface area contributed by atoms with Gasteiger partial charge in [0.25, 0.3) is 0 Å². The summed E-state index contributed by atoms with van der Waals surface area (Å²) in [7, 11) is 0. The number of hydrogen-bond donors (Lipinski definition) is 2. The number of carboxylic acids is 1. The Balaban J connectivity index is 2.55. The predicted molar refractivity (Wildman–Crippen MR) is 51.7 cm³/mol. The van der Waals surface area contributed by atoms with Crippen LogP contribution in [0.3, 0.4) is 0 Å². The highest BCUT2D eigenvalue weighted by atomic mass is 79.9. The molecule has 0 radical (unpaired) electrons. The average Bonchev–Trinajstić information content (AvgIpc) is 2.29. The van der Waals surface area contributed by atoms with Gasteiger partial charge in [-0.25, -0.2) is 4.34 Å². The largest absolute Gasteiger partial charge is 0.480 e. The summed E-state index contributed by atoms with van der Waals surface area (Å²) >= 11 is 10.1. The molecule has 1 heterocycles. The number of halogens is 2. The summed E-state index contributed by atoms with van der Waals surface area (Å²) in [5.74, 6) is -0.883. The van der Waals surface area contributed by atoms with E-state index in [1.807, 2.05) is 0 Å². The van der Waals surface area contributed by atoms with Gasteiger partial charge in [0.05, 0.1) is 4.36 Å². The van der Waals surface area contributed by atoms with E-state index >= 15 is 0 Å². The molecule has 1 atom stereocenters. The third kappa shape index (κ3) is 2.55. The van der Waals surface area contributed by atoms with Crippen LogP contribution in [0.4, 0.5) is 0 Å². The highest BCUT2D eigenvalue weighted by Crippen LogP contribution is 2.33. The highest BCUT2D eigenvalue weighted by molar-refractivity contribution is 9.08. The first-order valence-corrected chi connectivity index (χ1v) is 5.06. The summed E-state index contributed by atoms with van der Waals surface area (Å²) in [6.07, 6.45) is 1.60. The lowest BCUT2D eigenvalue weighted by atomic mass is 10.6. The van der Waals surface area contributed by atoms with E-state index in [4.69, 9.17) is 16.7 Å². The number of thioether (sulfide) groups is 1. The molecule has 0 bridgehead atoms. The van der Waals surface area contributed by atoms with Gasteiger partial charge in [-0.15, -0.1) is 0 Å². The number of carboxylic acid groups (broad SMARTS) is 1. The van der Waals surface area contributed by atoms with Crippen molar-refractivity contribution < 1.29 is 9.90 Å². The van der Waals surface area contributed by atoms with E-state index in [1.54, 1.807) is 11.1 Å². The predicted octanol–water partition coefficient (Wildman–Crippen LogP) is 1.34. The van der Waals surface area contributed by atoms with Crippen LogP contribution >= 0.6 is 39.5 Å². The van der Waals surface area contributed by atoms with Crippen molar-refractivity contribution in [3.63, 3.8) is 0 Å². The minimum atomic E-state index is -0.883. The van der Waals surface area contributed by atoms with Gasteiger partial charge in [-0.1, -0.05) is 23.4 Å². The monoisotopic (exact) mass is 272 g/mol. The summed E-state index contributed by atoms with van der Waals surface area (Å²) < 4.78 is 3.33. The number of rotatable bonds is 3. The Morgan fingerprint density at radius 3 is 3.17 bits per heavy atom. The van der Waals surface area contributed by atoms with Crippen molar-refractivity contribution in [1.29, 1.82) is 0 Å². The van der Waals surface area contributed by atoms with Crippen molar-refractivity contribution in [2.24, 2.45) is 0 Å². The molecule has 1 aliphatic heterocycles. The van der Waals surface area contributed by atoms with Crippen LogP contribution in [0.15, 0.2) is 10.6 Å². The van der Waals surface area contributed by atoms with E-state index in [0.29, 0.717) is 4.36 Å². The molecule has 0 saturated carbocycles. The number of nitrogens with zero attached hydrogens (tertiary/aromatic N) is 1. The topological polar surface area (TPSA) is 52.6 Å². The van der Waals surface area contributed by atoms with Gasteiger partial charge in [-0.05, 0) is 0 Å². The van der Waals surface area contributed by atoms with Gasteiger partial charge < -0.3 is 10.0 Å². The van der Waals surface area contributed by atoms with Crippen LogP contribution in [-0.2, 0) is 4.79 Å². The lowest BCUT2D eigenvalue weighted by molar-refractivity contribution is -0.137. The molecule has 0 amide bonds. The Bertz CT molecular complexity index is 225. The zero-order chi connectivity index (χ0) is 9.14. The van der Waals surface area contributed by atoms with E-state index < -0.39 is 5.97 Å². The Morgan fingerprint density at radius 1 is 2.00 bits per heavy atom. The van der Waals surface area contributed by atoms with E-state index in [1.165, 1.54) is 11.8 Å². The molecule has 0 aromatic heterocycles. The van der Waals surface area contributed by atoms with Crippen LogP contribution in [0, 0.1) is 0 Å². The second kappa shape index (κ2) is 4.36. The molecule has 0 saturated heterocycles. The highest BCUT2D eigenvalue weighted by Gasteiger charge is 2.24. The molecule has 0 aliphatic carbocycles. The molecular weight excluding hydrogens is 267 g/mol. The fraction of sp³-hybridized carbons (Fsp3) is 0.400. The van der Waals surface area contributed by atoms with E-state index in [9.17, 15) is 4.79 Å². The molecule has 0 aromatic carbocycles. The fourth-order valence-electron chi connectivity index (χ4n) is 0.773. The molecule has 0 fully saturated rings. The molecule has 0 spiro atoms. The van der Waals surface area contributed by atoms with E-state index in [2.05, 4.69) is 20.5 Å². The van der Waals surface area contributed by atoms with Crippen molar-refractivity contribution in [3.8, 4) is 0 Å². The molecular formula is C5H6BrClN2O2S. The quantitative estimate of drug-likeness (QED) is 0.760. The summed E-state index contributed by atoms with van der Waals surface area (Å²) in [6.45, 7) is -0.0630. The molecule has 4 nitrogen and oxygen atoms in total. The molecule has 0 aromatic rings.